The summed E-state index contributed by atoms with van der Waals surface area (Å²) >= 11 is 0. The Labute approximate surface area is 134 Å². The van der Waals surface area contributed by atoms with E-state index in [1.807, 2.05) is 6.92 Å². The van der Waals surface area contributed by atoms with Crippen LogP contribution in [0.4, 0.5) is 0 Å². The molecule has 124 valence electrons. The van der Waals surface area contributed by atoms with Gasteiger partial charge in [-0.2, -0.15) is 0 Å². The number of hydrogen-bond donors (Lipinski definition) is 1. The molecule has 0 aromatic carbocycles. The second-order valence-corrected chi connectivity index (χ2v) is 6.20. The van der Waals surface area contributed by atoms with Crippen LogP contribution in [0, 0.1) is 5.92 Å². The molecule has 0 aliphatic carbocycles. The zero-order valence-electron chi connectivity index (χ0n) is 13.2. The van der Waals surface area contributed by atoms with Gasteiger partial charge in [-0.1, -0.05) is 0 Å². The van der Waals surface area contributed by atoms with E-state index in [1.54, 1.807) is 21.9 Å². The van der Waals surface area contributed by atoms with Gasteiger partial charge >= 0.3 is 0 Å². The molecule has 0 bridgehead atoms. The molecule has 3 heterocycles. The van der Waals surface area contributed by atoms with Crippen molar-refractivity contribution in [1.29, 1.82) is 0 Å². The normalized spacial score (nSPS) is 25.2. The monoisotopic (exact) mass is 319 g/mol. The minimum Gasteiger partial charge on any atom is -0.459 e. The molecule has 1 aromatic rings. The van der Waals surface area contributed by atoms with E-state index in [-0.39, 0.29) is 36.1 Å². The van der Waals surface area contributed by atoms with E-state index >= 15 is 0 Å². The predicted molar refractivity (Wildman–Crippen MR) is 81.5 cm³/mol. The van der Waals surface area contributed by atoms with Crippen molar-refractivity contribution in [2.75, 3.05) is 26.2 Å². The third kappa shape index (κ3) is 3.38. The molecule has 0 unspecified atom stereocenters. The molecule has 1 N–H and O–H groups in total. The van der Waals surface area contributed by atoms with E-state index in [9.17, 15) is 14.4 Å². The fourth-order valence-electron chi connectivity index (χ4n) is 3.26. The number of carbonyl (C=O) groups is 3. The Bertz CT molecular complexity index is 590. The van der Waals surface area contributed by atoms with Crippen LogP contribution >= 0.6 is 0 Å². The molecule has 2 atom stereocenters. The van der Waals surface area contributed by atoms with Gasteiger partial charge in [-0.05, 0) is 25.5 Å². The molecule has 0 radical (unpaired) electrons. The van der Waals surface area contributed by atoms with E-state index in [0.717, 1.165) is 0 Å². The summed E-state index contributed by atoms with van der Waals surface area (Å²) in [6.45, 7) is 3.88. The first kappa shape index (κ1) is 15.6. The van der Waals surface area contributed by atoms with Crippen molar-refractivity contribution in [3.63, 3.8) is 0 Å². The Morgan fingerprint density at radius 3 is 2.52 bits per heavy atom. The lowest BCUT2D eigenvalue weighted by Crippen LogP contribution is -2.53. The Balaban J connectivity index is 1.55. The van der Waals surface area contributed by atoms with Crippen LogP contribution in [0.3, 0.4) is 0 Å². The van der Waals surface area contributed by atoms with Gasteiger partial charge in [0.1, 0.15) is 0 Å². The molecule has 2 aliphatic rings. The van der Waals surface area contributed by atoms with Gasteiger partial charge < -0.3 is 19.5 Å². The van der Waals surface area contributed by atoms with Gasteiger partial charge in [-0.15, -0.1) is 0 Å². The lowest BCUT2D eigenvalue weighted by molar-refractivity contribution is -0.142. The smallest absolute Gasteiger partial charge is 0.289 e. The fourth-order valence-corrected chi connectivity index (χ4v) is 3.26. The summed E-state index contributed by atoms with van der Waals surface area (Å²) in [5.74, 6) is -0.105. The second kappa shape index (κ2) is 6.44. The zero-order chi connectivity index (χ0) is 16.4. The highest BCUT2D eigenvalue weighted by Gasteiger charge is 2.34. The number of amides is 3. The maximum Gasteiger partial charge on any atom is 0.289 e. The molecule has 3 rings (SSSR count). The highest BCUT2D eigenvalue weighted by Crippen LogP contribution is 2.21. The number of nitrogens with zero attached hydrogens (tertiary/aromatic N) is 2. The van der Waals surface area contributed by atoms with Crippen molar-refractivity contribution in [3.05, 3.63) is 24.2 Å². The quantitative estimate of drug-likeness (QED) is 0.859. The van der Waals surface area contributed by atoms with Gasteiger partial charge in [0, 0.05) is 44.6 Å². The van der Waals surface area contributed by atoms with E-state index in [0.29, 0.717) is 38.4 Å². The predicted octanol–water partition coefficient (Wildman–Crippen LogP) is 0.479. The van der Waals surface area contributed by atoms with Crippen molar-refractivity contribution in [2.45, 2.75) is 25.8 Å². The number of rotatable bonds is 2. The minimum absolute atomic E-state index is 0.0248. The van der Waals surface area contributed by atoms with Crippen LogP contribution < -0.4 is 5.32 Å². The van der Waals surface area contributed by atoms with Crippen molar-refractivity contribution in [3.8, 4) is 0 Å². The largest absolute Gasteiger partial charge is 0.459 e. The molecule has 2 saturated heterocycles. The Kier molecular flexibility index (Phi) is 4.36. The first-order chi connectivity index (χ1) is 11.0. The third-order valence-electron chi connectivity index (χ3n) is 4.44. The Hall–Kier alpha value is -2.31. The zero-order valence-corrected chi connectivity index (χ0v) is 13.2. The summed E-state index contributed by atoms with van der Waals surface area (Å²) in [6, 6.07) is 3.36. The number of piperazine rings is 1. The molecule has 7 nitrogen and oxygen atoms in total. The van der Waals surface area contributed by atoms with Crippen LogP contribution in [0.15, 0.2) is 22.8 Å². The lowest BCUT2D eigenvalue weighted by Gasteiger charge is -2.37. The summed E-state index contributed by atoms with van der Waals surface area (Å²) in [5, 5.41) is 2.83. The molecule has 7 heteroatoms. The van der Waals surface area contributed by atoms with Gasteiger partial charge in [-0.25, -0.2) is 0 Å². The maximum atomic E-state index is 12.6. The van der Waals surface area contributed by atoms with Crippen LogP contribution in [0.5, 0.6) is 0 Å². The first-order valence-corrected chi connectivity index (χ1v) is 7.95. The van der Waals surface area contributed by atoms with Gasteiger partial charge in [0.2, 0.25) is 11.8 Å². The highest BCUT2D eigenvalue weighted by atomic mass is 16.3. The van der Waals surface area contributed by atoms with E-state index in [4.69, 9.17) is 4.42 Å². The SMILES string of the molecule is C[C@H]1C[C@H](C(=O)N2CCN(C(=O)c3ccco3)CC2)CC(=O)N1. The first-order valence-electron chi connectivity index (χ1n) is 7.95. The van der Waals surface area contributed by atoms with Crippen molar-refractivity contribution < 1.29 is 18.8 Å². The number of piperidine rings is 1. The minimum atomic E-state index is -0.244. The van der Waals surface area contributed by atoms with Crippen molar-refractivity contribution in [1.82, 2.24) is 15.1 Å². The van der Waals surface area contributed by atoms with Gasteiger partial charge in [0.25, 0.3) is 5.91 Å². The van der Waals surface area contributed by atoms with Crippen LogP contribution in [0.1, 0.15) is 30.3 Å². The maximum absolute atomic E-state index is 12.6. The summed E-state index contributed by atoms with van der Waals surface area (Å²) in [5.41, 5.74) is 0. The Morgan fingerprint density at radius 2 is 1.91 bits per heavy atom. The summed E-state index contributed by atoms with van der Waals surface area (Å²) in [7, 11) is 0. The van der Waals surface area contributed by atoms with Crippen LogP contribution in [-0.4, -0.2) is 59.7 Å². The standard InChI is InChI=1S/C16H21N3O4/c1-11-9-12(10-14(20)17-11)15(21)18-4-6-19(7-5-18)16(22)13-3-2-8-23-13/h2-3,8,11-12H,4-7,9-10H2,1H3,(H,17,20)/t11-,12-/m0/s1. The molecule has 0 saturated carbocycles. The van der Waals surface area contributed by atoms with Crippen LogP contribution in [0.25, 0.3) is 0 Å². The average Bonchev–Trinajstić information content (AvgIpc) is 3.07. The van der Waals surface area contributed by atoms with E-state index in [1.165, 1.54) is 6.26 Å². The molecule has 2 aliphatic heterocycles. The summed E-state index contributed by atoms with van der Waals surface area (Å²) in [4.78, 5) is 39.8. The van der Waals surface area contributed by atoms with Gasteiger partial charge in [-0.3, -0.25) is 14.4 Å². The summed E-state index contributed by atoms with van der Waals surface area (Å²) < 4.78 is 5.13. The third-order valence-corrected chi connectivity index (χ3v) is 4.44. The van der Waals surface area contributed by atoms with E-state index in [2.05, 4.69) is 5.32 Å². The van der Waals surface area contributed by atoms with E-state index < -0.39 is 0 Å². The number of hydrogen-bond acceptors (Lipinski definition) is 4. The van der Waals surface area contributed by atoms with Crippen molar-refractivity contribution in [2.24, 2.45) is 5.92 Å². The number of furan rings is 1. The van der Waals surface area contributed by atoms with Crippen LogP contribution in [0.2, 0.25) is 0 Å². The molecule has 23 heavy (non-hydrogen) atoms. The molecule has 0 spiro atoms. The van der Waals surface area contributed by atoms with Crippen molar-refractivity contribution >= 4 is 17.7 Å². The number of nitrogens with one attached hydrogen (secondary N) is 1. The molecular formula is C16H21N3O4. The highest BCUT2D eigenvalue weighted by molar-refractivity contribution is 5.92. The molecular weight excluding hydrogens is 298 g/mol. The Morgan fingerprint density at radius 1 is 1.22 bits per heavy atom. The molecule has 2 fully saturated rings. The van der Waals surface area contributed by atoms with Gasteiger partial charge in [0.15, 0.2) is 5.76 Å². The topological polar surface area (TPSA) is 82.9 Å². The fraction of sp³-hybridized carbons (Fsp3) is 0.562. The molecule has 1 aromatic heterocycles. The van der Waals surface area contributed by atoms with Crippen LogP contribution in [-0.2, 0) is 9.59 Å². The number of carbonyl (C=O) groups excluding carboxylic acids is 3. The summed E-state index contributed by atoms with van der Waals surface area (Å²) in [6.07, 6.45) is 2.41. The second-order valence-electron chi connectivity index (χ2n) is 6.20. The average molecular weight is 319 g/mol. The molecule has 3 amide bonds. The lowest BCUT2D eigenvalue weighted by atomic mass is 9.91. The van der Waals surface area contributed by atoms with Gasteiger partial charge in [0.05, 0.1) is 6.26 Å².